The highest BCUT2D eigenvalue weighted by atomic mass is 79.9. The van der Waals surface area contributed by atoms with Crippen LogP contribution in [0.1, 0.15) is 41.7 Å². The average molecular weight is 580 g/mol. The molecule has 8 rings (SSSR count). The Bertz CT molecular complexity index is 1960. The lowest BCUT2D eigenvalue weighted by molar-refractivity contribution is 0.0791. The van der Waals surface area contributed by atoms with Crippen molar-refractivity contribution < 1.29 is 5.11 Å². The van der Waals surface area contributed by atoms with Crippen LogP contribution >= 0.6 is 15.9 Å². The summed E-state index contributed by atoms with van der Waals surface area (Å²) in [7, 11) is 0. The standard InChI is InChI=1S/C38H27BrO/c1-37(2,40)34-22-25(39)18-20-26(34)24-17-19-29-30-13-7-9-23-10-8-16-33(36(23)30)38(35(29)21-24)31-14-5-3-11-27(31)28-12-4-6-15-32(28)38/h3-22,40H,1-2H3. The molecule has 1 spiro atoms. The fourth-order valence-electron chi connectivity index (χ4n) is 7.37. The molecule has 0 atom stereocenters. The Balaban J connectivity index is 1.55. The van der Waals surface area contributed by atoms with Crippen molar-refractivity contribution in [1.82, 2.24) is 0 Å². The molecular weight excluding hydrogens is 552 g/mol. The molecule has 0 fully saturated rings. The van der Waals surface area contributed by atoms with Gasteiger partial charge in [-0.25, -0.2) is 0 Å². The summed E-state index contributed by atoms with van der Waals surface area (Å²) >= 11 is 3.63. The van der Waals surface area contributed by atoms with Gasteiger partial charge in [-0.05, 0) is 104 Å². The minimum Gasteiger partial charge on any atom is -0.386 e. The molecule has 0 aliphatic heterocycles. The smallest absolute Gasteiger partial charge is 0.0846 e. The summed E-state index contributed by atoms with van der Waals surface area (Å²) in [6.07, 6.45) is 0. The van der Waals surface area contributed by atoms with Gasteiger partial charge in [0.1, 0.15) is 0 Å². The molecule has 0 aromatic heterocycles. The van der Waals surface area contributed by atoms with Gasteiger partial charge in [0.15, 0.2) is 0 Å². The van der Waals surface area contributed by atoms with E-state index in [2.05, 4.69) is 131 Å². The van der Waals surface area contributed by atoms with Crippen molar-refractivity contribution in [3.8, 4) is 33.4 Å². The Morgan fingerprint density at radius 3 is 1.82 bits per heavy atom. The maximum Gasteiger partial charge on any atom is 0.0846 e. The second-order valence-electron chi connectivity index (χ2n) is 11.6. The molecule has 0 bridgehead atoms. The Hall–Kier alpha value is -3.98. The molecule has 2 heteroatoms. The quantitative estimate of drug-likeness (QED) is 0.216. The van der Waals surface area contributed by atoms with Gasteiger partial charge >= 0.3 is 0 Å². The van der Waals surface area contributed by atoms with Crippen LogP contribution in [-0.2, 0) is 11.0 Å². The predicted molar refractivity (Wildman–Crippen MR) is 169 cm³/mol. The van der Waals surface area contributed by atoms with Crippen LogP contribution in [0.4, 0.5) is 0 Å². The van der Waals surface area contributed by atoms with Crippen molar-refractivity contribution in [2.24, 2.45) is 0 Å². The third-order valence-corrected chi connectivity index (χ3v) is 9.42. The zero-order valence-corrected chi connectivity index (χ0v) is 24.0. The first-order chi connectivity index (χ1) is 19.4. The maximum atomic E-state index is 11.2. The van der Waals surface area contributed by atoms with Crippen LogP contribution in [-0.4, -0.2) is 5.11 Å². The molecule has 0 heterocycles. The summed E-state index contributed by atoms with van der Waals surface area (Å²) < 4.78 is 0.960. The van der Waals surface area contributed by atoms with Gasteiger partial charge in [-0.3, -0.25) is 0 Å². The van der Waals surface area contributed by atoms with E-state index in [1.165, 1.54) is 55.3 Å². The van der Waals surface area contributed by atoms with Crippen LogP contribution in [0.15, 0.2) is 126 Å². The fourth-order valence-corrected chi connectivity index (χ4v) is 7.73. The number of benzene rings is 6. The minimum absolute atomic E-state index is 0.448. The topological polar surface area (TPSA) is 20.2 Å². The van der Waals surface area contributed by atoms with E-state index in [0.29, 0.717) is 0 Å². The first kappa shape index (κ1) is 23.9. The van der Waals surface area contributed by atoms with Gasteiger partial charge in [0.25, 0.3) is 0 Å². The second kappa shape index (κ2) is 8.27. The van der Waals surface area contributed by atoms with Crippen molar-refractivity contribution in [3.63, 3.8) is 0 Å². The predicted octanol–water partition coefficient (Wildman–Crippen LogP) is 9.84. The molecule has 6 aromatic rings. The van der Waals surface area contributed by atoms with Crippen molar-refractivity contribution in [2.45, 2.75) is 24.9 Å². The SMILES string of the molecule is CC(C)(O)c1cc(Br)ccc1-c1ccc2c(c1)C1(c3ccccc3-c3ccccc31)c1cccc3cccc-2c13. The number of halogens is 1. The van der Waals surface area contributed by atoms with E-state index in [1.807, 2.05) is 19.9 Å². The zero-order chi connectivity index (χ0) is 27.2. The normalized spacial score (nSPS) is 14.2. The minimum atomic E-state index is -0.989. The number of aliphatic hydroxyl groups is 1. The van der Waals surface area contributed by atoms with Gasteiger partial charge in [0.05, 0.1) is 11.0 Å². The monoisotopic (exact) mass is 578 g/mol. The van der Waals surface area contributed by atoms with Crippen molar-refractivity contribution in [3.05, 3.63) is 154 Å². The molecule has 40 heavy (non-hydrogen) atoms. The Morgan fingerprint density at radius 2 is 1.12 bits per heavy atom. The first-order valence-electron chi connectivity index (χ1n) is 13.8. The van der Waals surface area contributed by atoms with Gasteiger partial charge < -0.3 is 5.11 Å². The molecule has 1 nitrogen and oxygen atoms in total. The van der Waals surface area contributed by atoms with E-state index in [9.17, 15) is 5.11 Å². The Morgan fingerprint density at radius 1 is 0.550 bits per heavy atom. The van der Waals surface area contributed by atoms with Gasteiger partial charge in [-0.1, -0.05) is 119 Å². The summed E-state index contributed by atoms with van der Waals surface area (Å²) in [5, 5.41) is 13.8. The lowest BCUT2D eigenvalue weighted by Crippen LogP contribution is -2.31. The summed E-state index contributed by atoms with van der Waals surface area (Å²) in [6.45, 7) is 3.72. The second-order valence-corrected chi connectivity index (χ2v) is 12.5. The fraction of sp³-hybridized carbons (Fsp3) is 0.105. The van der Waals surface area contributed by atoms with E-state index in [4.69, 9.17) is 0 Å². The van der Waals surface area contributed by atoms with Crippen LogP contribution in [0.25, 0.3) is 44.2 Å². The van der Waals surface area contributed by atoms with E-state index in [-0.39, 0.29) is 0 Å². The Kier molecular flexibility index (Phi) is 4.93. The van der Waals surface area contributed by atoms with Gasteiger partial charge in [0.2, 0.25) is 0 Å². The van der Waals surface area contributed by atoms with Crippen LogP contribution in [0.2, 0.25) is 0 Å². The molecule has 0 unspecified atom stereocenters. The van der Waals surface area contributed by atoms with E-state index < -0.39 is 11.0 Å². The van der Waals surface area contributed by atoms with E-state index >= 15 is 0 Å². The van der Waals surface area contributed by atoms with Crippen LogP contribution in [0, 0.1) is 0 Å². The van der Waals surface area contributed by atoms with Crippen LogP contribution in [0.3, 0.4) is 0 Å². The highest BCUT2D eigenvalue weighted by Gasteiger charge is 2.50. The van der Waals surface area contributed by atoms with Crippen LogP contribution < -0.4 is 0 Å². The lowest BCUT2D eigenvalue weighted by Gasteiger charge is -2.40. The van der Waals surface area contributed by atoms with Crippen molar-refractivity contribution in [1.29, 1.82) is 0 Å². The summed E-state index contributed by atoms with van der Waals surface area (Å²) in [6, 6.07) is 44.5. The number of rotatable bonds is 2. The maximum absolute atomic E-state index is 11.2. The lowest BCUT2D eigenvalue weighted by atomic mass is 9.61. The van der Waals surface area contributed by atoms with Gasteiger partial charge in [-0.15, -0.1) is 0 Å². The summed E-state index contributed by atoms with van der Waals surface area (Å²) in [5.41, 5.74) is 12.0. The molecule has 2 aliphatic rings. The molecule has 0 amide bonds. The molecular formula is C38H27BrO. The molecule has 6 aromatic carbocycles. The third-order valence-electron chi connectivity index (χ3n) is 8.93. The molecule has 0 radical (unpaired) electrons. The number of hydrogen-bond acceptors (Lipinski definition) is 1. The molecule has 1 N–H and O–H groups in total. The van der Waals surface area contributed by atoms with Crippen molar-refractivity contribution >= 4 is 26.7 Å². The third kappa shape index (κ3) is 3.06. The molecule has 2 aliphatic carbocycles. The number of fused-ring (bicyclic) bond motifs is 9. The molecule has 192 valence electrons. The van der Waals surface area contributed by atoms with Crippen LogP contribution in [0.5, 0.6) is 0 Å². The molecule has 0 saturated heterocycles. The van der Waals surface area contributed by atoms with E-state index in [0.717, 1.165) is 21.2 Å². The first-order valence-corrected chi connectivity index (χ1v) is 14.6. The largest absolute Gasteiger partial charge is 0.386 e. The number of hydrogen-bond donors (Lipinski definition) is 1. The Labute approximate surface area is 242 Å². The van der Waals surface area contributed by atoms with Crippen molar-refractivity contribution in [2.75, 3.05) is 0 Å². The summed E-state index contributed by atoms with van der Waals surface area (Å²) in [5.74, 6) is 0. The zero-order valence-electron chi connectivity index (χ0n) is 22.4. The highest BCUT2D eigenvalue weighted by Crippen LogP contribution is 2.62. The van der Waals surface area contributed by atoms with Gasteiger partial charge in [-0.2, -0.15) is 0 Å². The highest BCUT2D eigenvalue weighted by molar-refractivity contribution is 9.10. The summed E-state index contributed by atoms with van der Waals surface area (Å²) in [4.78, 5) is 0. The van der Waals surface area contributed by atoms with Gasteiger partial charge in [0, 0.05) is 4.47 Å². The average Bonchev–Trinajstić information content (AvgIpc) is 3.26. The van der Waals surface area contributed by atoms with E-state index in [1.54, 1.807) is 0 Å². The molecule has 0 saturated carbocycles.